The second kappa shape index (κ2) is 5.46. The molecule has 0 atom stereocenters. The molecule has 20 heavy (non-hydrogen) atoms. The molecule has 4 nitrogen and oxygen atoms in total. The van der Waals surface area contributed by atoms with Crippen LogP contribution in [0.5, 0.6) is 0 Å². The number of rotatable bonds is 1. The molecule has 7 heteroatoms. The minimum Gasteiger partial charge on any atom is -0.363 e. The number of aliphatic imine (C=N–C) groups is 1. The Balaban J connectivity index is 2.42. The first-order chi connectivity index (χ1) is 9.30. The van der Waals surface area contributed by atoms with Gasteiger partial charge in [0.1, 0.15) is 5.84 Å². The Bertz CT molecular complexity index is 468. The molecule has 0 aliphatic carbocycles. The molecular weight excluding hydrogens is 271 g/mol. The van der Waals surface area contributed by atoms with E-state index in [1.54, 1.807) is 11.9 Å². The van der Waals surface area contributed by atoms with Gasteiger partial charge in [0.15, 0.2) is 5.70 Å². The van der Waals surface area contributed by atoms with Crippen LogP contribution in [0.4, 0.5) is 13.2 Å². The monoisotopic (exact) mass is 289 g/mol. The van der Waals surface area contributed by atoms with Crippen molar-refractivity contribution in [3.63, 3.8) is 0 Å². The molecule has 2 rings (SSSR count). The van der Waals surface area contributed by atoms with Gasteiger partial charge in [-0.3, -0.25) is 4.79 Å². The van der Waals surface area contributed by atoms with Crippen molar-refractivity contribution >= 4 is 11.7 Å². The van der Waals surface area contributed by atoms with Gasteiger partial charge in [-0.2, -0.15) is 13.2 Å². The first kappa shape index (κ1) is 14.9. The smallest absolute Gasteiger partial charge is 0.363 e. The molecule has 2 aliphatic rings. The number of nitrogens with zero attached hydrogens (tertiary/aromatic N) is 3. The minimum atomic E-state index is -4.60. The Morgan fingerprint density at radius 2 is 1.80 bits per heavy atom. The maximum absolute atomic E-state index is 13.2. The number of hydrogen-bond donors (Lipinski definition) is 0. The third kappa shape index (κ3) is 2.96. The standard InChI is InChI=1S/C13H18F3N3O/c1-18-7-4-3-5-10(18)17-11(13(14,15)16)9-6-8-19(2)12(9)20/h3-8H2,1-2H3. The van der Waals surface area contributed by atoms with Gasteiger partial charge in [-0.15, -0.1) is 0 Å². The predicted molar refractivity (Wildman–Crippen MR) is 69.3 cm³/mol. The fraction of sp³-hybridized carbons (Fsp3) is 0.692. The number of alkyl halides is 3. The van der Waals surface area contributed by atoms with E-state index in [0.717, 1.165) is 12.8 Å². The summed E-state index contributed by atoms with van der Waals surface area (Å²) in [5.74, 6) is -0.154. The summed E-state index contributed by atoms with van der Waals surface area (Å²) in [5.41, 5.74) is -1.23. The molecule has 2 saturated heterocycles. The van der Waals surface area contributed by atoms with Crippen molar-refractivity contribution in [2.45, 2.75) is 31.9 Å². The van der Waals surface area contributed by atoms with Crippen molar-refractivity contribution in [2.24, 2.45) is 4.99 Å². The van der Waals surface area contributed by atoms with Crippen LogP contribution in [0.15, 0.2) is 16.3 Å². The lowest BCUT2D eigenvalue weighted by molar-refractivity contribution is -0.125. The molecule has 1 amide bonds. The van der Waals surface area contributed by atoms with Gasteiger partial charge in [0, 0.05) is 39.2 Å². The van der Waals surface area contributed by atoms with Crippen LogP contribution < -0.4 is 0 Å². The molecule has 0 aromatic carbocycles. The molecule has 0 unspecified atom stereocenters. The van der Waals surface area contributed by atoms with Crippen molar-refractivity contribution in [3.8, 4) is 0 Å². The third-order valence-corrected chi connectivity index (χ3v) is 3.68. The second-order valence-corrected chi connectivity index (χ2v) is 5.21. The van der Waals surface area contributed by atoms with Crippen molar-refractivity contribution in [1.29, 1.82) is 0 Å². The van der Waals surface area contributed by atoms with E-state index in [4.69, 9.17) is 0 Å². The number of allylic oxidation sites excluding steroid dienone is 1. The number of amidine groups is 1. The fourth-order valence-electron chi connectivity index (χ4n) is 2.46. The molecule has 0 bridgehead atoms. The Labute approximate surface area is 115 Å². The van der Waals surface area contributed by atoms with Gasteiger partial charge < -0.3 is 9.80 Å². The highest BCUT2D eigenvalue weighted by Crippen LogP contribution is 2.34. The molecule has 0 radical (unpaired) electrons. The zero-order valence-corrected chi connectivity index (χ0v) is 11.6. The summed E-state index contributed by atoms with van der Waals surface area (Å²) in [5, 5.41) is 0. The lowest BCUT2D eigenvalue weighted by Crippen LogP contribution is -2.33. The minimum absolute atomic E-state index is 0.102. The number of likely N-dealkylation sites (tertiary alicyclic amines) is 2. The van der Waals surface area contributed by atoms with Crippen LogP contribution in [-0.4, -0.2) is 54.9 Å². The van der Waals surface area contributed by atoms with Gasteiger partial charge in [0.05, 0.1) is 0 Å². The van der Waals surface area contributed by atoms with Crippen LogP contribution in [-0.2, 0) is 4.79 Å². The summed E-state index contributed by atoms with van der Waals surface area (Å²) in [6.45, 7) is 1.02. The number of carbonyl (C=O) groups is 1. The largest absolute Gasteiger partial charge is 0.433 e. The van der Waals surface area contributed by atoms with Crippen LogP contribution in [0, 0.1) is 0 Å². The lowest BCUT2D eigenvalue weighted by atomic mass is 10.1. The summed E-state index contributed by atoms with van der Waals surface area (Å²) < 4.78 is 39.6. The van der Waals surface area contributed by atoms with E-state index < -0.39 is 17.8 Å². The molecule has 0 aromatic rings. The maximum Gasteiger partial charge on any atom is 0.433 e. The summed E-state index contributed by atoms with van der Waals surface area (Å²) in [4.78, 5) is 18.6. The summed E-state index contributed by atoms with van der Waals surface area (Å²) in [7, 11) is 3.24. The number of hydrogen-bond acceptors (Lipinski definition) is 2. The molecule has 112 valence electrons. The second-order valence-electron chi connectivity index (χ2n) is 5.21. The highest BCUT2D eigenvalue weighted by molar-refractivity contribution is 5.97. The van der Waals surface area contributed by atoms with Gasteiger partial charge >= 0.3 is 6.18 Å². The zero-order chi connectivity index (χ0) is 14.9. The zero-order valence-electron chi connectivity index (χ0n) is 11.6. The molecular formula is C13H18F3N3O. The van der Waals surface area contributed by atoms with Crippen molar-refractivity contribution in [2.75, 3.05) is 27.2 Å². The van der Waals surface area contributed by atoms with Gasteiger partial charge in [0.25, 0.3) is 5.91 Å². The Morgan fingerprint density at radius 3 is 2.30 bits per heavy atom. The van der Waals surface area contributed by atoms with E-state index in [1.807, 2.05) is 0 Å². The lowest BCUT2D eigenvalue weighted by Gasteiger charge is -2.26. The van der Waals surface area contributed by atoms with Gasteiger partial charge in [-0.05, 0) is 19.3 Å². The van der Waals surface area contributed by atoms with Crippen LogP contribution in [0.25, 0.3) is 0 Å². The van der Waals surface area contributed by atoms with E-state index in [1.165, 1.54) is 11.9 Å². The van der Waals surface area contributed by atoms with Crippen molar-refractivity contribution in [1.82, 2.24) is 9.80 Å². The third-order valence-electron chi connectivity index (χ3n) is 3.68. The van der Waals surface area contributed by atoms with Crippen LogP contribution in [0.2, 0.25) is 0 Å². The number of piperidine rings is 1. The van der Waals surface area contributed by atoms with E-state index in [-0.39, 0.29) is 12.0 Å². The average Bonchev–Trinajstić information content (AvgIpc) is 2.68. The maximum atomic E-state index is 13.2. The molecule has 2 heterocycles. The molecule has 2 fully saturated rings. The first-order valence-corrected chi connectivity index (χ1v) is 6.65. The van der Waals surface area contributed by atoms with Gasteiger partial charge in [-0.1, -0.05) is 0 Å². The van der Waals surface area contributed by atoms with Gasteiger partial charge in [-0.25, -0.2) is 4.99 Å². The van der Waals surface area contributed by atoms with Crippen molar-refractivity contribution in [3.05, 3.63) is 11.3 Å². The number of carbonyl (C=O) groups excluding carboxylic acids is 1. The number of amides is 1. The fourth-order valence-corrected chi connectivity index (χ4v) is 2.46. The van der Waals surface area contributed by atoms with E-state index >= 15 is 0 Å². The van der Waals surface area contributed by atoms with Crippen LogP contribution >= 0.6 is 0 Å². The van der Waals surface area contributed by atoms with Crippen molar-refractivity contribution < 1.29 is 18.0 Å². The SMILES string of the molecule is CN1CCC(=C(N=C2CCCCN2C)C(F)(F)F)C1=O. The highest BCUT2D eigenvalue weighted by Gasteiger charge is 2.41. The molecule has 2 aliphatic heterocycles. The summed E-state index contributed by atoms with van der Waals surface area (Å²) in [6, 6.07) is 0. The predicted octanol–water partition coefficient (Wildman–Crippen LogP) is 2.18. The normalized spacial score (nSPS) is 25.6. The number of likely N-dealkylation sites (N-methyl/N-ethyl adjacent to an activating group) is 1. The Hall–Kier alpha value is -1.53. The van der Waals surface area contributed by atoms with E-state index in [2.05, 4.69) is 4.99 Å². The Morgan fingerprint density at radius 1 is 1.10 bits per heavy atom. The van der Waals surface area contributed by atoms with Crippen LogP contribution in [0.1, 0.15) is 25.7 Å². The quantitative estimate of drug-likeness (QED) is 0.694. The average molecular weight is 289 g/mol. The van der Waals surface area contributed by atoms with Gasteiger partial charge in [0.2, 0.25) is 0 Å². The molecule has 0 aromatic heterocycles. The first-order valence-electron chi connectivity index (χ1n) is 6.65. The molecule has 0 saturated carbocycles. The number of halogens is 3. The van der Waals surface area contributed by atoms with E-state index in [0.29, 0.717) is 25.3 Å². The van der Waals surface area contributed by atoms with E-state index in [9.17, 15) is 18.0 Å². The summed E-state index contributed by atoms with van der Waals surface area (Å²) in [6.07, 6.45) is -2.19. The molecule has 0 spiro atoms. The topological polar surface area (TPSA) is 35.9 Å². The summed E-state index contributed by atoms with van der Waals surface area (Å²) >= 11 is 0. The Kier molecular flexibility index (Phi) is 4.06. The highest BCUT2D eigenvalue weighted by atomic mass is 19.4. The van der Waals surface area contributed by atoms with Crippen LogP contribution in [0.3, 0.4) is 0 Å². The molecule has 0 N–H and O–H groups in total.